The second-order valence-corrected chi connectivity index (χ2v) is 9.34. The van der Waals surface area contributed by atoms with Gasteiger partial charge in [0.05, 0.1) is 11.1 Å². The van der Waals surface area contributed by atoms with Crippen molar-refractivity contribution in [3.8, 4) is 11.5 Å². The third-order valence-corrected chi connectivity index (χ3v) is 7.03. The van der Waals surface area contributed by atoms with Crippen molar-refractivity contribution in [2.24, 2.45) is 5.92 Å². The maximum atomic E-state index is 10.2. The highest BCUT2D eigenvalue weighted by molar-refractivity contribution is 5.87. The van der Waals surface area contributed by atoms with E-state index in [9.17, 15) is 5.11 Å². The van der Waals surface area contributed by atoms with E-state index in [2.05, 4.69) is 32.5 Å². The molecule has 1 aliphatic carbocycles. The number of anilines is 1. The zero-order valence-corrected chi connectivity index (χ0v) is 18.8. The molecule has 5 rings (SSSR count). The molecule has 170 valence electrons. The van der Waals surface area contributed by atoms with Gasteiger partial charge in [0.1, 0.15) is 5.82 Å². The first-order chi connectivity index (χ1) is 15.7. The largest absolute Gasteiger partial charge is 0.396 e. The van der Waals surface area contributed by atoms with Gasteiger partial charge in [0.25, 0.3) is 5.89 Å². The summed E-state index contributed by atoms with van der Waals surface area (Å²) >= 11 is 0. The lowest BCUT2D eigenvalue weighted by molar-refractivity contribution is 0.163. The van der Waals surface area contributed by atoms with Gasteiger partial charge >= 0.3 is 0 Å². The number of aromatic nitrogens is 3. The van der Waals surface area contributed by atoms with Gasteiger partial charge in [0.2, 0.25) is 0 Å². The number of nitrogens with zero attached hydrogens (tertiary/aromatic N) is 4. The highest BCUT2D eigenvalue weighted by atomic mass is 16.5. The molecule has 32 heavy (non-hydrogen) atoms. The molecule has 0 amide bonds. The monoisotopic (exact) mass is 435 g/mol. The van der Waals surface area contributed by atoms with Gasteiger partial charge in [-0.05, 0) is 38.3 Å². The first kappa shape index (κ1) is 21.3. The summed E-state index contributed by atoms with van der Waals surface area (Å²) in [5.41, 5.74) is 1.80. The average molecular weight is 436 g/mol. The number of para-hydroxylation sites is 1. The molecule has 0 spiro atoms. The molecule has 0 bridgehead atoms. The molecule has 1 aliphatic heterocycles. The normalized spacial score (nSPS) is 22.9. The molecule has 7 nitrogen and oxygen atoms in total. The van der Waals surface area contributed by atoms with Crippen LogP contribution >= 0.6 is 0 Å². The number of hydrogen-bond donors (Lipinski definition) is 2. The van der Waals surface area contributed by atoms with Gasteiger partial charge in [-0.3, -0.25) is 0 Å². The van der Waals surface area contributed by atoms with Crippen LogP contribution in [-0.2, 0) is 0 Å². The van der Waals surface area contributed by atoms with E-state index in [0.717, 1.165) is 41.8 Å². The Hall–Kier alpha value is -2.51. The first-order valence-corrected chi connectivity index (χ1v) is 12.0. The van der Waals surface area contributed by atoms with E-state index in [1.54, 1.807) is 0 Å². The van der Waals surface area contributed by atoms with Crippen LogP contribution in [0.15, 0.2) is 34.9 Å². The summed E-state index contributed by atoms with van der Waals surface area (Å²) < 4.78 is 5.53. The molecular weight excluding hydrogens is 402 g/mol. The zero-order valence-electron chi connectivity index (χ0n) is 18.8. The number of aliphatic hydroxyl groups excluding tert-OH is 1. The minimum atomic E-state index is 0.164. The summed E-state index contributed by atoms with van der Waals surface area (Å²) in [4.78, 5) is 11.8. The van der Waals surface area contributed by atoms with E-state index in [1.165, 1.54) is 38.5 Å². The average Bonchev–Trinajstić information content (AvgIpc) is 3.09. The van der Waals surface area contributed by atoms with Gasteiger partial charge in [-0.1, -0.05) is 49.0 Å². The van der Waals surface area contributed by atoms with Crippen molar-refractivity contribution in [2.45, 2.75) is 64.0 Å². The van der Waals surface area contributed by atoms with Crippen LogP contribution in [0.25, 0.3) is 22.4 Å². The predicted molar refractivity (Wildman–Crippen MR) is 126 cm³/mol. The third kappa shape index (κ3) is 4.50. The summed E-state index contributed by atoms with van der Waals surface area (Å²) in [6, 6.07) is 11.1. The Morgan fingerprint density at radius 2 is 1.91 bits per heavy atom. The number of pyridine rings is 1. The minimum Gasteiger partial charge on any atom is -0.396 e. The number of benzene rings is 1. The van der Waals surface area contributed by atoms with Gasteiger partial charge in [-0.15, -0.1) is 0 Å². The van der Waals surface area contributed by atoms with E-state index in [-0.39, 0.29) is 12.5 Å². The van der Waals surface area contributed by atoms with Crippen molar-refractivity contribution < 1.29 is 9.63 Å². The molecule has 2 N–H and O–H groups in total. The highest BCUT2D eigenvalue weighted by Crippen LogP contribution is 2.34. The Bertz CT molecular complexity index is 1040. The molecule has 2 unspecified atom stereocenters. The molecule has 3 aromatic rings. The number of aliphatic hydroxyl groups is 1. The van der Waals surface area contributed by atoms with Crippen molar-refractivity contribution in [1.29, 1.82) is 0 Å². The fourth-order valence-corrected chi connectivity index (χ4v) is 5.29. The second-order valence-electron chi connectivity index (χ2n) is 9.34. The smallest absolute Gasteiger partial charge is 0.261 e. The van der Waals surface area contributed by atoms with Crippen LogP contribution in [0.5, 0.6) is 0 Å². The van der Waals surface area contributed by atoms with Crippen LogP contribution in [0.4, 0.5) is 5.82 Å². The quantitative estimate of drug-likeness (QED) is 0.584. The van der Waals surface area contributed by atoms with E-state index in [0.29, 0.717) is 23.8 Å². The minimum absolute atomic E-state index is 0.164. The van der Waals surface area contributed by atoms with Crippen LogP contribution < -0.4 is 10.2 Å². The van der Waals surface area contributed by atoms with Crippen LogP contribution in [-0.4, -0.2) is 52.0 Å². The summed E-state index contributed by atoms with van der Waals surface area (Å²) in [6.45, 7) is 3.63. The molecule has 1 saturated carbocycles. The number of hydrogen-bond acceptors (Lipinski definition) is 7. The van der Waals surface area contributed by atoms with Crippen molar-refractivity contribution in [3.63, 3.8) is 0 Å². The van der Waals surface area contributed by atoms with E-state index in [1.807, 2.05) is 25.1 Å². The molecule has 2 fully saturated rings. The Morgan fingerprint density at radius 1 is 1.09 bits per heavy atom. The van der Waals surface area contributed by atoms with Crippen molar-refractivity contribution in [1.82, 2.24) is 20.4 Å². The topological polar surface area (TPSA) is 87.3 Å². The number of nitrogens with one attached hydrogen (secondary N) is 1. The van der Waals surface area contributed by atoms with E-state index in [4.69, 9.17) is 9.51 Å². The SMILES string of the molecule is Cc1noc(-c2cc3ccccc3nc2N2CCC(NC3CCCCCC3)C(CO)C2)n1. The van der Waals surface area contributed by atoms with Crippen molar-refractivity contribution >= 4 is 16.7 Å². The molecular formula is C25H33N5O2. The van der Waals surface area contributed by atoms with Crippen LogP contribution in [0, 0.1) is 12.8 Å². The van der Waals surface area contributed by atoms with Gasteiger partial charge in [0, 0.05) is 43.1 Å². The lowest BCUT2D eigenvalue weighted by Crippen LogP contribution is -2.53. The van der Waals surface area contributed by atoms with E-state index >= 15 is 0 Å². The lowest BCUT2D eigenvalue weighted by Gasteiger charge is -2.41. The number of fused-ring (bicyclic) bond motifs is 1. The van der Waals surface area contributed by atoms with Gasteiger partial charge in [0.15, 0.2) is 5.82 Å². The predicted octanol–water partition coefficient (Wildman–Crippen LogP) is 4.09. The van der Waals surface area contributed by atoms with Crippen molar-refractivity contribution in [2.75, 3.05) is 24.6 Å². The molecule has 1 saturated heterocycles. The first-order valence-electron chi connectivity index (χ1n) is 12.0. The van der Waals surface area contributed by atoms with Crippen LogP contribution in [0.1, 0.15) is 50.8 Å². The summed E-state index contributed by atoms with van der Waals surface area (Å²) in [6.07, 6.45) is 8.83. The highest BCUT2D eigenvalue weighted by Gasteiger charge is 2.32. The van der Waals surface area contributed by atoms with Gasteiger partial charge < -0.3 is 19.8 Å². The summed E-state index contributed by atoms with van der Waals surface area (Å²) in [5, 5.41) is 19.2. The Balaban J connectivity index is 1.41. The standard InChI is InChI=1S/C25H33N5O2/c1-17-26-25(32-29-17)21-14-18-8-6-7-11-22(18)28-24(21)30-13-12-23(19(15-30)16-31)27-20-9-4-2-3-5-10-20/h6-8,11,14,19-20,23,27,31H,2-5,9-10,12-13,15-16H2,1H3. The molecule has 2 aliphatic rings. The van der Waals surface area contributed by atoms with Gasteiger partial charge in [-0.2, -0.15) is 4.98 Å². The van der Waals surface area contributed by atoms with Crippen LogP contribution in [0.2, 0.25) is 0 Å². The number of rotatable bonds is 5. The molecule has 2 atom stereocenters. The fourth-order valence-electron chi connectivity index (χ4n) is 5.29. The Labute approximate surface area is 189 Å². The molecule has 1 aromatic carbocycles. The number of aryl methyl sites for hydroxylation is 1. The zero-order chi connectivity index (χ0) is 21.9. The summed E-state index contributed by atoms with van der Waals surface area (Å²) in [5.74, 6) is 2.13. The van der Waals surface area contributed by atoms with E-state index < -0.39 is 0 Å². The lowest BCUT2D eigenvalue weighted by atomic mass is 9.91. The Morgan fingerprint density at radius 3 is 2.66 bits per heavy atom. The summed E-state index contributed by atoms with van der Waals surface area (Å²) in [7, 11) is 0. The number of piperidine rings is 1. The fraction of sp³-hybridized carbons (Fsp3) is 0.560. The Kier molecular flexibility index (Phi) is 6.37. The molecule has 2 aromatic heterocycles. The second kappa shape index (κ2) is 9.55. The van der Waals surface area contributed by atoms with Crippen LogP contribution in [0.3, 0.4) is 0 Å². The molecule has 3 heterocycles. The van der Waals surface area contributed by atoms with Crippen molar-refractivity contribution in [3.05, 3.63) is 36.2 Å². The maximum Gasteiger partial charge on any atom is 0.261 e. The third-order valence-electron chi connectivity index (χ3n) is 7.03. The molecule has 0 radical (unpaired) electrons. The molecule has 7 heteroatoms. The van der Waals surface area contributed by atoms with Gasteiger partial charge in [-0.25, -0.2) is 4.98 Å². The maximum absolute atomic E-state index is 10.2.